The van der Waals surface area contributed by atoms with Crippen LogP contribution in [0, 0.1) is 6.92 Å². The van der Waals surface area contributed by atoms with Crippen molar-refractivity contribution in [2.45, 2.75) is 26.7 Å². The summed E-state index contributed by atoms with van der Waals surface area (Å²) in [5.41, 5.74) is 1.79. The van der Waals surface area contributed by atoms with Gasteiger partial charge in [0.05, 0.1) is 6.61 Å². The third kappa shape index (κ3) is 3.62. The predicted octanol–water partition coefficient (Wildman–Crippen LogP) is 2.20. The summed E-state index contributed by atoms with van der Waals surface area (Å²) >= 11 is 0. The SMILES string of the molecule is CCOC(=O)CCc1ccc(C)c(O)c1. The average Bonchev–Trinajstić information content (AvgIpc) is 2.20. The molecule has 0 unspecified atom stereocenters. The van der Waals surface area contributed by atoms with Crippen LogP contribution in [0.5, 0.6) is 5.75 Å². The molecular formula is C12H16O3. The molecule has 3 heteroatoms. The second-order valence-electron chi connectivity index (χ2n) is 3.43. The fourth-order valence-electron chi connectivity index (χ4n) is 1.29. The highest BCUT2D eigenvalue weighted by Crippen LogP contribution is 2.18. The topological polar surface area (TPSA) is 46.5 Å². The Kier molecular flexibility index (Phi) is 4.16. The summed E-state index contributed by atoms with van der Waals surface area (Å²) in [5, 5.41) is 9.45. The molecule has 0 spiro atoms. The van der Waals surface area contributed by atoms with Crippen molar-refractivity contribution in [2.75, 3.05) is 6.61 Å². The molecule has 0 heterocycles. The smallest absolute Gasteiger partial charge is 0.306 e. The summed E-state index contributed by atoms with van der Waals surface area (Å²) in [4.78, 5) is 11.1. The van der Waals surface area contributed by atoms with E-state index in [9.17, 15) is 9.90 Å². The molecule has 82 valence electrons. The lowest BCUT2D eigenvalue weighted by atomic mass is 10.1. The van der Waals surface area contributed by atoms with Crippen LogP contribution in [0.3, 0.4) is 0 Å². The Morgan fingerprint density at radius 2 is 2.20 bits per heavy atom. The number of aromatic hydroxyl groups is 1. The third-order valence-corrected chi connectivity index (χ3v) is 2.20. The largest absolute Gasteiger partial charge is 0.508 e. The number of benzene rings is 1. The van der Waals surface area contributed by atoms with Crippen LogP contribution in [0.1, 0.15) is 24.5 Å². The molecule has 0 amide bonds. The van der Waals surface area contributed by atoms with Crippen LogP contribution in [0.25, 0.3) is 0 Å². The molecule has 0 aromatic heterocycles. The quantitative estimate of drug-likeness (QED) is 0.771. The van der Waals surface area contributed by atoms with Crippen LogP contribution in [-0.2, 0) is 16.0 Å². The van der Waals surface area contributed by atoms with Crippen molar-refractivity contribution in [1.29, 1.82) is 0 Å². The summed E-state index contributed by atoms with van der Waals surface area (Å²) in [6.07, 6.45) is 0.961. The molecule has 0 aliphatic heterocycles. The van der Waals surface area contributed by atoms with Crippen LogP contribution in [-0.4, -0.2) is 17.7 Å². The van der Waals surface area contributed by atoms with Crippen LogP contribution < -0.4 is 0 Å². The van der Waals surface area contributed by atoms with Gasteiger partial charge >= 0.3 is 5.97 Å². The summed E-state index contributed by atoms with van der Waals surface area (Å²) in [5.74, 6) is 0.0777. The van der Waals surface area contributed by atoms with Crippen molar-refractivity contribution in [2.24, 2.45) is 0 Å². The summed E-state index contributed by atoms with van der Waals surface area (Å²) in [6, 6.07) is 5.44. The first kappa shape index (κ1) is 11.6. The number of ether oxygens (including phenoxy) is 1. The standard InChI is InChI=1S/C12H16O3/c1-3-15-12(14)7-6-10-5-4-9(2)11(13)8-10/h4-5,8,13H,3,6-7H2,1-2H3. The Morgan fingerprint density at radius 3 is 2.80 bits per heavy atom. The maximum atomic E-state index is 11.1. The molecule has 0 aliphatic carbocycles. The Labute approximate surface area is 89.7 Å². The van der Waals surface area contributed by atoms with Gasteiger partial charge in [-0.3, -0.25) is 4.79 Å². The molecule has 1 N–H and O–H groups in total. The summed E-state index contributed by atoms with van der Waals surface area (Å²) < 4.78 is 4.82. The molecule has 1 rings (SSSR count). The van der Waals surface area contributed by atoms with E-state index in [1.54, 1.807) is 13.0 Å². The maximum absolute atomic E-state index is 11.1. The zero-order valence-electron chi connectivity index (χ0n) is 9.12. The lowest BCUT2D eigenvalue weighted by molar-refractivity contribution is -0.143. The van der Waals surface area contributed by atoms with Gasteiger partial charge in [-0.15, -0.1) is 0 Å². The molecule has 0 radical (unpaired) electrons. The van der Waals surface area contributed by atoms with Gasteiger partial charge in [0.1, 0.15) is 5.75 Å². The number of carbonyl (C=O) groups excluding carboxylic acids is 1. The number of phenolic OH excluding ortho intramolecular Hbond substituents is 1. The highest BCUT2D eigenvalue weighted by Gasteiger charge is 2.03. The van der Waals surface area contributed by atoms with E-state index in [1.165, 1.54) is 0 Å². The molecule has 0 saturated carbocycles. The van der Waals surface area contributed by atoms with Crippen molar-refractivity contribution in [3.8, 4) is 5.75 Å². The van der Waals surface area contributed by atoms with E-state index in [4.69, 9.17) is 4.74 Å². The Morgan fingerprint density at radius 1 is 1.47 bits per heavy atom. The van der Waals surface area contributed by atoms with Crippen LogP contribution in [0.4, 0.5) is 0 Å². The van der Waals surface area contributed by atoms with E-state index in [1.807, 2.05) is 19.1 Å². The number of hydrogen-bond acceptors (Lipinski definition) is 3. The van der Waals surface area contributed by atoms with Gasteiger partial charge in [0.2, 0.25) is 0 Å². The van der Waals surface area contributed by atoms with Gasteiger partial charge in [0.25, 0.3) is 0 Å². The Hall–Kier alpha value is -1.51. The first-order valence-electron chi connectivity index (χ1n) is 5.07. The lowest BCUT2D eigenvalue weighted by Crippen LogP contribution is -2.05. The summed E-state index contributed by atoms with van der Waals surface area (Å²) in [6.45, 7) is 4.04. The maximum Gasteiger partial charge on any atom is 0.306 e. The fraction of sp³-hybridized carbons (Fsp3) is 0.417. The lowest BCUT2D eigenvalue weighted by Gasteiger charge is -2.04. The van der Waals surface area contributed by atoms with Crippen molar-refractivity contribution in [3.05, 3.63) is 29.3 Å². The van der Waals surface area contributed by atoms with E-state index in [0.29, 0.717) is 19.4 Å². The monoisotopic (exact) mass is 208 g/mol. The van der Waals surface area contributed by atoms with Crippen molar-refractivity contribution < 1.29 is 14.6 Å². The zero-order valence-corrected chi connectivity index (χ0v) is 9.12. The van der Waals surface area contributed by atoms with E-state index in [2.05, 4.69) is 0 Å². The first-order valence-corrected chi connectivity index (χ1v) is 5.07. The molecule has 0 bridgehead atoms. The van der Waals surface area contributed by atoms with Gasteiger partial charge in [0.15, 0.2) is 0 Å². The van der Waals surface area contributed by atoms with Crippen LogP contribution in [0.2, 0.25) is 0 Å². The normalized spacial score (nSPS) is 10.0. The Balaban J connectivity index is 2.51. The van der Waals surface area contributed by atoms with E-state index in [-0.39, 0.29) is 11.7 Å². The number of aryl methyl sites for hydroxylation is 2. The number of carbonyl (C=O) groups is 1. The second-order valence-corrected chi connectivity index (χ2v) is 3.43. The molecule has 0 aliphatic rings. The minimum Gasteiger partial charge on any atom is -0.508 e. The van der Waals surface area contributed by atoms with Crippen molar-refractivity contribution in [3.63, 3.8) is 0 Å². The molecule has 3 nitrogen and oxygen atoms in total. The number of phenols is 1. The van der Waals surface area contributed by atoms with Gasteiger partial charge in [-0.25, -0.2) is 0 Å². The molecule has 1 aromatic rings. The van der Waals surface area contributed by atoms with Crippen LogP contribution in [0.15, 0.2) is 18.2 Å². The zero-order chi connectivity index (χ0) is 11.3. The predicted molar refractivity (Wildman–Crippen MR) is 57.8 cm³/mol. The van der Waals surface area contributed by atoms with E-state index in [0.717, 1.165) is 11.1 Å². The van der Waals surface area contributed by atoms with Gasteiger partial charge in [-0.05, 0) is 37.5 Å². The number of hydrogen-bond donors (Lipinski definition) is 1. The molecule has 15 heavy (non-hydrogen) atoms. The minimum atomic E-state index is -0.197. The van der Waals surface area contributed by atoms with Crippen molar-refractivity contribution >= 4 is 5.97 Å². The fourth-order valence-corrected chi connectivity index (χ4v) is 1.29. The number of esters is 1. The highest BCUT2D eigenvalue weighted by molar-refractivity contribution is 5.69. The van der Waals surface area contributed by atoms with Crippen molar-refractivity contribution in [1.82, 2.24) is 0 Å². The van der Waals surface area contributed by atoms with E-state index >= 15 is 0 Å². The molecule has 1 aromatic carbocycles. The summed E-state index contributed by atoms with van der Waals surface area (Å²) in [7, 11) is 0. The third-order valence-electron chi connectivity index (χ3n) is 2.20. The highest BCUT2D eigenvalue weighted by atomic mass is 16.5. The molecule has 0 fully saturated rings. The number of rotatable bonds is 4. The second kappa shape index (κ2) is 5.39. The first-order chi connectivity index (χ1) is 7.13. The van der Waals surface area contributed by atoms with Crippen LogP contribution >= 0.6 is 0 Å². The van der Waals surface area contributed by atoms with Gasteiger partial charge in [-0.2, -0.15) is 0 Å². The van der Waals surface area contributed by atoms with Gasteiger partial charge in [-0.1, -0.05) is 12.1 Å². The molecular weight excluding hydrogens is 192 g/mol. The van der Waals surface area contributed by atoms with E-state index < -0.39 is 0 Å². The minimum absolute atomic E-state index is 0.197. The Bertz CT molecular complexity index is 345. The average molecular weight is 208 g/mol. The molecule has 0 saturated heterocycles. The molecule has 0 atom stereocenters. The van der Waals surface area contributed by atoms with Gasteiger partial charge in [0, 0.05) is 6.42 Å². The van der Waals surface area contributed by atoms with Gasteiger partial charge < -0.3 is 9.84 Å².